The molecule has 1 saturated heterocycles. The number of aryl methyl sites for hydroxylation is 1. The maximum Gasteiger partial charge on any atom is 0.244 e. The van der Waals surface area contributed by atoms with Gasteiger partial charge in [-0.25, -0.2) is 4.39 Å². The van der Waals surface area contributed by atoms with Crippen LogP contribution >= 0.6 is 0 Å². The molecule has 2 heterocycles. The molecule has 8 heteroatoms. The van der Waals surface area contributed by atoms with Gasteiger partial charge in [0.05, 0.1) is 13.2 Å². The number of benzene rings is 2. The van der Waals surface area contributed by atoms with E-state index in [2.05, 4.69) is 26.9 Å². The lowest BCUT2D eigenvalue weighted by Crippen LogP contribution is -2.48. The highest BCUT2D eigenvalue weighted by Crippen LogP contribution is 2.24. The van der Waals surface area contributed by atoms with E-state index in [0.717, 1.165) is 44.2 Å². The first-order chi connectivity index (χ1) is 15.5. The fraction of sp³-hybridized carbons (Fsp3) is 0.417. The topological polar surface area (TPSA) is 63.9 Å². The Balaban J connectivity index is 1.25. The maximum atomic E-state index is 13.9. The van der Waals surface area contributed by atoms with Gasteiger partial charge in [-0.2, -0.15) is 4.98 Å². The Hall–Kier alpha value is -2.97. The summed E-state index contributed by atoms with van der Waals surface area (Å²) in [5.74, 6) is 2.37. The van der Waals surface area contributed by atoms with Crippen LogP contribution in [-0.2, 0) is 0 Å². The molecule has 1 fully saturated rings. The Bertz CT molecular complexity index is 1020. The minimum Gasteiger partial charge on any atom is -0.497 e. The minimum atomic E-state index is -0.269. The number of rotatable bonds is 8. The molecule has 3 aromatic rings. The van der Waals surface area contributed by atoms with Crippen LogP contribution in [0.4, 0.5) is 4.39 Å². The Morgan fingerprint density at radius 1 is 1.06 bits per heavy atom. The molecule has 0 spiro atoms. The van der Waals surface area contributed by atoms with E-state index in [9.17, 15) is 4.39 Å². The van der Waals surface area contributed by atoms with Crippen molar-refractivity contribution in [2.45, 2.75) is 19.9 Å². The van der Waals surface area contributed by atoms with Crippen molar-refractivity contribution >= 4 is 0 Å². The van der Waals surface area contributed by atoms with Crippen LogP contribution in [0, 0.1) is 12.7 Å². The maximum absolute atomic E-state index is 13.9. The summed E-state index contributed by atoms with van der Waals surface area (Å²) in [7, 11) is 1.65. The third-order valence-corrected chi connectivity index (χ3v) is 5.92. The first kappa shape index (κ1) is 22.2. The molecule has 32 heavy (non-hydrogen) atoms. The second-order valence-corrected chi connectivity index (χ2v) is 8.00. The third-order valence-electron chi connectivity index (χ3n) is 5.92. The summed E-state index contributed by atoms with van der Waals surface area (Å²) in [6.45, 7) is 9.01. The second-order valence-electron chi connectivity index (χ2n) is 8.00. The van der Waals surface area contributed by atoms with Crippen LogP contribution in [0.15, 0.2) is 47.0 Å². The zero-order chi connectivity index (χ0) is 22.5. The van der Waals surface area contributed by atoms with E-state index in [1.54, 1.807) is 20.1 Å². The number of hydrogen-bond acceptors (Lipinski definition) is 7. The van der Waals surface area contributed by atoms with E-state index in [1.807, 2.05) is 30.3 Å². The predicted molar refractivity (Wildman–Crippen MR) is 119 cm³/mol. The van der Waals surface area contributed by atoms with Crippen LogP contribution in [0.1, 0.15) is 24.4 Å². The number of methoxy groups -OCH3 is 1. The molecule has 0 bridgehead atoms. The largest absolute Gasteiger partial charge is 0.497 e. The van der Waals surface area contributed by atoms with Gasteiger partial charge in [0.1, 0.15) is 23.9 Å². The van der Waals surface area contributed by atoms with Crippen molar-refractivity contribution in [3.05, 3.63) is 59.7 Å². The fourth-order valence-corrected chi connectivity index (χ4v) is 3.75. The molecule has 0 amide bonds. The van der Waals surface area contributed by atoms with E-state index in [4.69, 9.17) is 14.0 Å². The second kappa shape index (κ2) is 10.1. The van der Waals surface area contributed by atoms with E-state index < -0.39 is 0 Å². The number of halogens is 1. The zero-order valence-electron chi connectivity index (χ0n) is 18.8. The molecule has 0 radical (unpaired) electrons. The highest BCUT2D eigenvalue weighted by molar-refractivity contribution is 5.55. The summed E-state index contributed by atoms with van der Waals surface area (Å²) in [6.07, 6.45) is 0. The van der Waals surface area contributed by atoms with Gasteiger partial charge in [0.15, 0.2) is 0 Å². The summed E-state index contributed by atoms with van der Waals surface area (Å²) in [5.41, 5.74) is 1.22. The lowest BCUT2D eigenvalue weighted by Gasteiger charge is -2.36. The molecule has 170 valence electrons. The Morgan fingerprint density at radius 2 is 1.78 bits per heavy atom. The van der Waals surface area contributed by atoms with Crippen molar-refractivity contribution in [2.24, 2.45) is 0 Å². The van der Waals surface area contributed by atoms with Gasteiger partial charge in [-0.1, -0.05) is 17.3 Å². The van der Waals surface area contributed by atoms with Crippen molar-refractivity contribution < 1.29 is 18.4 Å². The van der Waals surface area contributed by atoms with Gasteiger partial charge in [0, 0.05) is 38.3 Å². The molecule has 1 aliphatic rings. The molecule has 0 saturated carbocycles. The van der Waals surface area contributed by atoms with Gasteiger partial charge >= 0.3 is 0 Å². The molecule has 7 nitrogen and oxygen atoms in total. The van der Waals surface area contributed by atoms with Crippen molar-refractivity contribution in [3.63, 3.8) is 0 Å². The first-order valence-electron chi connectivity index (χ1n) is 10.9. The molecular formula is C24H29FN4O3. The summed E-state index contributed by atoms with van der Waals surface area (Å²) < 4.78 is 30.4. The van der Waals surface area contributed by atoms with Crippen LogP contribution in [0.5, 0.6) is 11.5 Å². The fourth-order valence-electron chi connectivity index (χ4n) is 3.75. The van der Waals surface area contributed by atoms with E-state index >= 15 is 0 Å². The minimum absolute atomic E-state index is 0.00393. The smallest absolute Gasteiger partial charge is 0.244 e. The van der Waals surface area contributed by atoms with Gasteiger partial charge in [0.2, 0.25) is 11.7 Å². The standard InChI is InChI=1S/C24H29FN4O3/c1-17-4-5-19(16-22(17)25)23-26-24(32-27-23)18(2)29-12-10-28(11-13-29)14-15-31-21-8-6-20(30-3)7-9-21/h4-9,16,18H,10-15H2,1-3H3/t18-/m1/s1. The molecule has 1 aromatic heterocycles. The highest BCUT2D eigenvalue weighted by atomic mass is 19.1. The first-order valence-corrected chi connectivity index (χ1v) is 10.9. The molecule has 0 aliphatic carbocycles. The van der Waals surface area contributed by atoms with E-state index in [1.165, 1.54) is 6.07 Å². The molecule has 1 atom stereocenters. The van der Waals surface area contributed by atoms with Crippen molar-refractivity contribution in [1.82, 2.24) is 19.9 Å². The summed E-state index contributed by atoms with van der Waals surface area (Å²) >= 11 is 0. The normalized spacial score (nSPS) is 16.1. The van der Waals surface area contributed by atoms with Gasteiger partial charge in [-0.05, 0) is 49.7 Å². The average molecular weight is 441 g/mol. The lowest BCUT2D eigenvalue weighted by molar-refractivity contribution is 0.0800. The molecular weight excluding hydrogens is 411 g/mol. The third kappa shape index (κ3) is 5.26. The van der Waals surface area contributed by atoms with E-state index in [0.29, 0.717) is 29.4 Å². The van der Waals surface area contributed by atoms with Crippen molar-refractivity contribution in [1.29, 1.82) is 0 Å². The van der Waals surface area contributed by atoms with Crippen LogP contribution in [-0.4, -0.2) is 66.4 Å². The molecule has 0 N–H and O–H groups in total. The van der Waals surface area contributed by atoms with E-state index in [-0.39, 0.29) is 11.9 Å². The number of hydrogen-bond donors (Lipinski definition) is 0. The summed E-state index contributed by atoms with van der Waals surface area (Å²) in [4.78, 5) is 9.23. The van der Waals surface area contributed by atoms with Crippen molar-refractivity contribution in [3.8, 4) is 22.9 Å². The Labute approximate surface area is 187 Å². The van der Waals surface area contributed by atoms with Crippen LogP contribution < -0.4 is 9.47 Å². The number of nitrogens with zero attached hydrogens (tertiary/aromatic N) is 4. The SMILES string of the molecule is COc1ccc(OCCN2CCN([C@H](C)c3nc(-c4ccc(C)c(F)c4)no3)CC2)cc1. The number of ether oxygens (including phenoxy) is 2. The number of aromatic nitrogens is 2. The summed E-state index contributed by atoms with van der Waals surface area (Å²) in [6, 6.07) is 12.6. The van der Waals surface area contributed by atoms with Gasteiger partial charge < -0.3 is 14.0 Å². The van der Waals surface area contributed by atoms with Gasteiger partial charge in [-0.15, -0.1) is 0 Å². The zero-order valence-corrected chi connectivity index (χ0v) is 18.8. The quantitative estimate of drug-likeness (QED) is 0.526. The van der Waals surface area contributed by atoms with Gasteiger partial charge in [0.25, 0.3) is 0 Å². The average Bonchev–Trinajstić information content (AvgIpc) is 3.32. The van der Waals surface area contributed by atoms with Crippen LogP contribution in [0.3, 0.4) is 0 Å². The Morgan fingerprint density at radius 3 is 2.47 bits per heavy atom. The summed E-state index contributed by atoms with van der Waals surface area (Å²) in [5, 5.41) is 4.05. The van der Waals surface area contributed by atoms with Crippen LogP contribution in [0.2, 0.25) is 0 Å². The van der Waals surface area contributed by atoms with Crippen LogP contribution in [0.25, 0.3) is 11.4 Å². The molecule has 1 aliphatic heterocycles. The number of piperazine rings is 1. The molecule has 0 unspecified atom stereocenters. The monoisotopic (exact) mass is 440 g/mol. The van der Waals surface area contributed by atoms with Gasteiger partial charge in [-0.3, -0.25) is 9.80 Å². The Kier molecular flexibility index (Phi) is 7.02. The van der Waals surface area contributed by atoms with Crippen molar-refractivity contribution in [2.75, 3.05) is 46.4 Å². The predicted octanol–water partition coefficient (Wildman–Crippen LogP) is 3.95. The highest BCUT2D eigenvalue weighted by Gasteiger charge is 2.26. The molecule has 4 rings (SSSR count). The lowest BCUT2D eigenvalue weighted by atomic mass is 10.1. The molecule has 2 aromatic carbocycles.